The Morgan fingerprint density at radius 3 is 2.32 bits per heavy atom. The summed E-state index contributed by atoms with van der Waals surface area (Å²) in [6.07, 6.45) is 2.56. The maximum Gasteiger partial charge on any atom is 0.414 e. The van der Waals surface area contributed by atoms with Crippen molar-refractivity contribution in [3.63, 3.8) is 0 Å². The van der Waals surface area contributed by atoms with Crippen molar-refractivity contribution < 1.29 is 28.6 Å². The van der Waals surface area contributed by atoms with Crippen LogP contribution in [0, 0.1) is 6.92 Å². The topological polar surface area (TPSA) is 88.6 Å². The lowest BCUT2D eigenvalue weighted by atomic mass is 9.99. The fraction of sp³-hybridized carbons (Fsp3) is 0.483. The predicted molar refractivity (Wildman–Crippen MR) is 142 cm³/mol. The number of likely N-dealkylation sites (tertiary alicyclic amines) is 2. The molecule has 0 bridgehead atoms. The highest BCUT2D eigenvalue weighted by atomic mass is 16.6. The molecule has 2 fully saturated rings. The fourth-order valence-corrected chi connectivity index (χ4v) is 5.72. The molecule has 3 aliphatic rings. The van der Waals surface area contributed by atoms with E-state index in [0.717, 1.165) is 29.7 Å². The van der Waals surface area contributed by atoms with Gasteiger partial charge in [-0.05, 0) is 38.0 Å². The second-order valence-electron chi connectivity index (χ2n) is 10.2. The second kappa shape index (κ2) is 10.9. The summed E-state index contributed by atoms with van der Waals surface area (Å²) in [5, 5.41) is 0. The van der Waals surface area contributed by atoms with E-state index in [-0.39, 0.29) is 30.1 Å². The van der Waals surface area contributed by atoms with E-state index in [2.05, 4.69) is 0 Å². The number of nitrogens with zero attached hydrogens (tertiary/aromatic N) is 3. The number of anilines is 1. The van der Waals surface area contributed by atoms with E-state index < -0.39 is 0 Å². The lowest BCUT2D eigenvalue weighted by Crippen LogP contribution is -2.50. The summed E-state index contributed by atoms with van der Waals surface area (Å²) in [4.78, 5) is 43.2. The average molecular weight is 522 g/mol. The Morgan fingerprint density at radius 2 is 1.63 bits per heavy atom. The van der Waals surface area contributed by atoms with E-state index in [4.69, 9.17) is 14.2 Å². The molecule has 0 unspecified atom stereocenters. The molecule has 0 atom stereocenters. The maximum absolute atomic E-state index is 13.5. The van der Waals surface area contributed by atoms with Gasteiger partial charge in [-0.2, -0.15) is 0 Å². The predicted octanol–water partition coefficient (Wildman–Crippen LogP) is 4.15. The van der Waals surface area contributed by atoms with Gasteiger partial charge in [0, 0.05) is 63.1 Å². The normalized spacial score (nSPS) is 18.6. The van der Waals surface area contributed by atoms with E-state index in [1.165, 1.54) is 0 Å². The van der Waals surface area contributed by atoms with Crippen molar-refractivity contribution in [1.82, 2.24) is 9.80 Å². The molecule has 2 aromatic carbocycles. The number of carbonyl (C=O) groups excluding carboxylic acids is 3. The van der Waals surface area contributed by atoms with Crippen LogP contribution in [0.4, 0.5) is 10.5 Å². The van der Waals surface area contributed by atoms with Gasteiger partial charge in [0.05, 0.1) is 18.4 Å². The summed E-state index contributed by atoms with van der Waals surface area (Å²) in [6.45, 7) is 6.22. The van der Waals surface area contributed by atoms with E-state index in [0.29, 0.717) is 62.7 Å². The summed E-state index contributed by atoms with van der Waals surface area (Å²) in [6, 6.07) is 11.4. The van der Waals surface area contributed by atoms with Crippen molar-refractivity contribution in [2.24, 2.45) is 0 Å². The van der Waals surface area contributed by atoms with Gasteiger partial charge in [-0.15, -0.1) is 0 Å². The molecule has 2 aromatic rings. The minimum absolute atomic E-state index is 0.0150. The Bertz CT molecular complexity index is 1210. The molecular weight excluding hydrogens is 486 g/mol. The molecule has 38 heavy (non-hydrogen) atoms. The molecule has 0 spiro atoms. The molecule has 3 aliphatic heterocycles. The van der Waals surface area contributed by atoms with Crippen molar-refractivity contribution in [3.8, 4) is 11.5 Å². The Kier molecular flexibility index (Phi) is 7.44. The number of para-hydroxylation sites is 1. The molecule has 202 valence electrons. The Morgan fingerprint density at radius 1 is 0.947 bits per heavy atom. The minimum atomic E-state index is -0.326. The molecular formula is C29H35N3O6. The molecule has 0 saturated carbocycles. The van der Waals surface area contributed by atoms with Crippen LogP contribution in [0.25, 0.3) is 0 Å². The highest BCUT2D eigenvalue weighted by Gasteiger charge is 2.36. The zero-order valence-electron chi connectivity index (χ0n) is 22.3. The number of cyclic esters (lactones) is 1. The maximum atomic E-state index is 13.5. The van der Waals surface area contributed by atoms with Gasteiger partial charge >= 0.3 is 6.09 Å². The first-order valence-corrected chi connectivity index (χ1v) is 13.3. The third kappa shape index (κ3) is 5.01. The first-order valence-electron chi connectivity index (χ1n) is 13.3. The smallest absolute Gasteiger partial charge is 0.414 e. The molecule has 0 radical (unpaired) electrons. The summed E-state index contributed by atoms with van der Waals surface area (Å²) in [5.74, 6) is 1.21. The van der Waals surface area contributed by atoms with Crippen LogP contribution in [0.3, 0.4) is 0 Å². The summed E-state index contributed by atoms with van der Waals surface area (Å²) in [7, 11) is 1.57. The second-order valence-corrected chi connectivity index (χ2v) is 10.2. The van der Waals surface area contributed by atoms with Crippen molar-refractivity contribution >= 4 is 23.6 Å². The van der Waals surface area contributed by atoms with E-state index in [1.807, 2.05) is 47.1 Å². The first-order chi connectivity index (χ1) is 18.4. The number of benzene rings is 2. The minimum Gasteiger partial charge on any atom is -0.495 e. The van der Waals surface area contributed by atoms with Crippen LogP contribution in [0.15, 0.2) is 36.4 Å². The summed E-state index contributed by atoms with van der Waals surface area (Å²) < 4.78 is 17.4. The molecule has 0 N–H and O–H groups in total. The molecule has 3 heterocycles. The molecule has 0 aliphatic carbocycles. The zero-order chi connectivity index (χ0) is 26.8. The number of hydrogen-bond acceptors (Lipinski definition) is 6. The number of amides is 3. The Hall–Kier alpha value is -3.75. The molecule has 9 heteroatoms. The fourth-order valence-electron chi connectivity index (χ4n) is 5.72. The first kappa shape index (κ1) is 25.9. The molecule has 0 aromatic heterocycles. The van der Waals surface area contributed by atoms with Gasteiger partial charge in [0.1, 0.15) is 24.2 Å². The van der Waals surface area contributed by atoms with Gasteiger partial charge in [0.25, 0.3) is 5.91 Å². The lowest BCUT2D eigenvalue weighted by Gasteiger charge is -2.40. The number of methoxy groups -OCH3 is 1. The van der Waals surface area contributed by atoms with Gasteiger partial charge in [0.2, 0.25) is 5.91 Å². The lowest BCUT2D eigenvalue weighted by molar-refractivity contribution is -0.130. The van der Waals surface area contributed by atoms with Gasteiger partial charge in [-0.25, -0.2) is 4.79 Å². The van der Waals surface area contributed by atoms with Gasteiger partial charge in [-0.3, -0.25) is 14.5 Å². The van der Waals surface area contributed by atoms with Gasteiger partial charge in [-0.1, -0.05) is 18.2 Å². The third-order valence-electron chi connectivity index (χ3n) is 7.89. The third-order valence-corrected chi connectivity index (χ3v) is 7.89. The largest absolute Gasteiger partial charge is 0.495 e. The zero-order valence-corrected chi connectivity index (χ0v) is 22.3. The number of hydrogen-bond donors (Lipinski definition) is 0. The van der Waals surface area contributed by atoms with E-state index in [1.54, 1.807) is 25.0 Å². The number of piperidine rings is 2. The monoisotopic (exact) mass is 521 g/mol. The highest BCUT2D eigenvalue weighted by molar-refractivity contribution is 5.98. The Labute approximate surface area is 223 Å². The number of rotatable bonds is 5. The van der Waals surface area contributed by atoms with Crippen molar-refractivity contribution in [2.45, 2.75) is 58.3 Å². The Balaban J connectivity index is 1.25. The van der Waals surface area contributed by atoms with Gasteiger partial charge in [0.15, 0.2) is 0 Å². The van der Waals surface area contributed by atoms with Crippen molar-refractivity contribution in [3.05, 3.63) is 53.1 Å². The van der Waals surface area contributed by atoms with Crippen LogP contribution in [0.5, 0.6) is 11.5 Å². The summed E-state index contributed by atoms with van der Waals surface area (Å²) >= 11 is 0. The van der Waals surface area contributed by atoms with Gasteiger partial charge < -0.3 is 24.0 Å². The van der Waals surface area contributed by atoms with Crippen LogP contribution >= 0.6 is 0 Å². The summed E-state index contributed by atoms with van der Waals surface area (Å²) in [5.41, 5.74) is 3.19. The van der Waals surface area contributed by atoms with E-state index in [9.17, 15) is 14.4 Å². The molecule has 2 saturated heterocycles. The number of fused-ring (bicyclic) bond motifs is 1. The number of ether oxygens (including phenoxy) is 3. The van der Waals surface area contributed by atoms with Crippen LogP contribution in [-0.2, 0) is 16.1 Å². The van der Waals surface area contributed by atoms with Crippen LogP contribution in [0.1, 0.15) is 54.1 Å². The van der Waals surface area contributed by atoms with Crippen molar-refractivity contribution in [1.29, 1.82) is 0 Å². The van der Waals surface area contributed by atoms with Crippen LogP contribution in [0.2, 0.25) is 0 Å². The highest BCUT2D eigenvalue weighted by Crippen LogP contribution is 2.35. The average Bonchev–Trinajstić information content (AvgIpc) is 2.94. The SMILES string of the molecule is COc1c(C(=O)N2CCC(N3C(=O)OCc4ccccc43)CC2)ccc(OC2CCN(C(C)=O)CC2)c1C. The number of carbonyl (C=O) groups is 3. The quantitative estimate of drug-likeness (QED) is 0.587. The molecule has 9 nitrogen and oxygen atoms in total. The van der Waals surface area contributed by atoms with Crippen LogP contribution < -0.4 is 14.4 Å². The van der Waals surface area contributed by atoms with Crippen molar-refractivity contribution in [2.75, 3.05) is 38.2 Å². The molecule has 3 amide bonds. The standard InChI is InChI=1S/C29H35N3O6/c1-19-26(38-23-12-16-30(17-13-23)20(2)33)9-8-24(27(19)36-3)28(34)31-14-10-22(11-15-31)32-25-7-5-4-6-21(25)18-37-29(32)35/h4-9,22-23H,10-18H2,1-3H3. The van der Waals surface area contributed by atoms with E-state index >= 15 is 0 Å². The molecule has 5 rings (SSSR count). The van der Waals surface area contributed by atoms with Crippen LogP contribution in [-0.4, -0.2) is 73.1 Å².